The Labute approximate surface area is 122 Å². The van der Waals surface area contributed by atoms with Gasteiger partial charge in [-0.15, -0.1) is 0 Å². The second kappa shape index (κ2) is 7.93. The van der Waals surface area contributed by atoms with Crippen molar-refractivity contribution in [1.29, 1.82) is 0 Å². The van der Waals surface area contributed by atoms with E-state index in [9.17, 15) is 4.79 Å². The Morgan fingerprint density at radius 1 is 1.20 bits per heavy atom. The fourth-order valence-corrected chi connectivity index (χ4v) is 2.65. The Kier molecular flexibility index (Phi) is 6.56. The zero-order valence-corrected chi connectivity index (χ0v) is 13.0. The van der Waals surface area contributed by atoms with Crippen LogP contribution in [0.5, 0.6) is 5.75 Å². The van der Waals surface area contributed by atoms with Crippen molar-refractivity contribution in [3.05, 3.63) is 29.3 Å². The van der Waals surface area contributed by atoms with Gasteiger partial charge in [0.15, 0.2) is 6.61 Å². The molecule has 0 bridgehead atoms. The molecule has 1 saturated carbocycles. The van der Waals surface area contributed by atoms with Crippen molar-refractivity contribution in [3.63, 3.8) is 0 Å². The summed E-state index contributed by atoms with van der Waals surface area (Å²) in [4.78, 5) is 10.3. The summed E-state index contributed by atoms with van der Waals surface area (Å²) in [7, 11) is 0. The Hall–Kier alpha value is -1.51. The summed E-state index contributed by atoms with van der Waals surface area (Å²) >= 11 is 0. The minimum Gasteiger partial charge on any atom is -0.481 e. The van der Waals surface area contributed by atoms with Crippen LogP contribution in [0.4, 0.5) is 0 Å². The highest BCUT2D eigenvalue weighted by atomic mass is 16.5. The maximum absolute atomic E-state index is 10.3. The summed E-state index contributed by atoms with van der Waals surface area (Å²) in [6, 6.07) is 5.70. The molecule has 1 aliphatic carbocycles. The smallest absolute Gasteiger partial charge is 0.341 e. The van der Waals surface area contributed by atoms with Crippen LogP contribution in [0.2, 0.25) is 0 Å². The van der Waals surface area contributed by atoms with Gasteiger partial charge in [0.05, 0.1) is 0 Å². The van der Waals surface area contributed by atoms with E-state index in [2.05, 4.69) is 13.8 Å². The zero-order chi connectivity index (χ0) is 15.1. The molecule has 2 rings (SSSR count). The Morgan fingerprint density at radius 3 is 2.05 bits per heavy atom. The monoisotopic (exact) mass is 278 g/mol. The minimum absolute atomic E-state index is 0.286. The molecule has 1 N–H and O–H groups in total. The molecule has 0 radical (unpaired) electrons. The lowest BCUT2D eigenvalue weighted by Gasteiger charge is -2.09. The molecule has 0 heterocycles. The number of para-hydroxylation sites is 1. The van der Waals surface area contributed by atoms with E-state index in [0.717, 1.165) is 23.0 Å². The first-order chi connectivity index (χ1) is 9.40. The van der Waals surface area contributed by atoms with Crippen LogP contribution in [0.3, 0.4) is 0 Å². The van der Waals surface area contributed by atoms with Gasteiger partial charge in [0.25, 0.3) is 0 Å². The number of benzene rings is 1. The molecule has 3 heteroatoms. The highest BCUT2D eigenvalue weighted by Gasteiger charge is 2.15. The van der Waals surface area contributed by atoms with Crippen molar-refractivity contribution in [3.8, 4) is 5.75 Å². The molecule has 3 nitrogen and oxygen atoms in total. The fourth-order valence-electron chi connectivity index (χ4n) is 2.65. The van der Waals surface area contributed by atoms with Crippen LogP contribution in [0.1, 0.15) is 44.2 Å². The van der Waals surface area contributed by atoms with E-state index in [1.807, 2.05) is 32.0 Å². The SMILES string of the molecule is CC1CCC(C)C1.Cc1cccc(C)c1OCC(=O)O. The molecule has 0 spiro atoms. The highest BCUT2D eigenvalue weighted by molar-refractivity contribution is 5.68. The number of carbonyl (C=O) groups is 1. The van der Waals surface area contributed by atoms with Crippen LogP contribution in [-0.2, 0) is 4.79 Å². The van der Waals surface area contributed by atoms with Crippen molar-refractivity contribution < 1.29 is 14.6 Å². The van der Waals surface area contributed by atoms with E-state index in [1.165, 1.54) is 19.3 Å². The summed E-state index contributed by atoms with van der Waals surface area (Å²) in [5.41, 5.74) is 1.92. The predicted octanol–water partition coefficient (Wildman–Crippen LogP) is 4.21. The number of ether oxygens (including phenoxy) is 1. The van der Waals surface area contributed by atoms with Gasteiger partial charge in [0.2, 0.25) is 0 Å². The van der Waals surface area contributed by atoms with Crippen molar-refractivity contribution in [2.24, 2.45) is 11.8 Å². The summed E-state index contributed by atoms with van der Waals surface area (Å²) < 4.78 is 5.13. The van der Waals surface area contributed by atoms with Gasteiger partial charge in [0.1, 0.15) is 5.75 Å². The summed E-state index contributed by atoms with van der Waals surface area (Å²) in [5.74, 6) is 1.76. The minimum atomic E-state index is -0.956. The van der Waals surface area contributed by atoms with Crippen LogP contribution >= 0.6 is 0 Å². The average Bonchev–Trinajstić information content (AvgIpc) is 2.73. The van der Waals surface area contributed by atoms with E-state index in [0.29, 0.717) is 5.75 Å². The first kappa shape index (κ1) is 16.5. The number of aliphatic carboxylic acids is 1. The molecule has 0 aliphatic heterocycles. The molecule has 2 unspecified atom stereocenters. The van der Waals surface area contributed by atoms with E-state index in [1.54, 1.807) is 0 Å². The van der Waals surface area contributed by atoms with Crippen molar-refractivity contribution >= 4 is 5.97 Å². The van der Waals surface area contributed by atoms with E-state index >= 15 is 0 Å². The van der Waals surface area contributed by atoms with Crippen LogP contribution in [0.15, 0.2) is 18.2 Å². The normalized spacial score (nSPS) is 21.0. The molecular formula is C17H26O3. The summed E-state index contributed by atoms with van der Waals surface area (Å²) in [6.07, 6.45) is 4.42. The van der Waals surface area contributed by atoms with Gasteiger partial charge in [-0.1, -0.05) is 44.9 Å². The predicted molar refractivity (Wildman–Crippen MR) is 81.2 cm³/mol. The van der Waals surface area contributed by atoms with Gasteiger partial charge in [-0.05, 0) is 43.2 Å². The average molecular weight is 278 g/mol. The van der Waals surface area contributed by atoms with Crippen LogP contribution in [0.25, 0.3) is 0 Å². The van der Waals surface area contributed by atoms with E-state index < -0.39 is 5.97 Å². The topological polar surface area (TPSA) is 46.5 Å². The number of rotatable bonds is 3. The van der Waals surface area contributed by atoms with E-state index in [-0.39, 0.29) is 6.61 Å². The van der Waals surface area contributed by atoms with Gasteiger partial charge in [-0.3, -0.25) is 0 Å². The maximum atomic E-state index is 10.3. The van der Waals surface area contributed by atoms with Gasteiger partial charge in [-0.2, -0.15) is 0 Å². The summed E-state index contributed by atoms with van der Waals surface area (Å²) in [6.45, 7) is 8.20. The van der Waals surface area contributed by atoms with Crippen molar-refractivity contribution in [1.82, 2.24) is 0 Å². The fraction of sp³-hybridized carbons (Fsp3) is 0.588. The molecule has 20 heavy (non-hydrogen) atoms. The molecule has 1 aromatic rings. The lowest BCUT2D eigenvalue weighted by atomic mass is 10.1. The largest absolute Gasteiger partial charge is 0.481 e. The standard InChI is InChI=1S/C10H12O3.C7H14/c1-7-4-3-5-8(2)10(7)13-6-9(11)12;1-6-3-4-7(2)5-6/h3-5H,6H2,1-2H3,(H,11,12);6-7H,3-5H2,1-2H3. The van der Waals surface area contributed by atoms with E-state index in [4.69, 9.17) is 9.84 Å². The van der Waals surface area contributed by atoms with Crippen molar-refractivity contribution in [2.75, 3.05) is 6.61 Å². The molecule has 1 aromatic carbocycles. The Balaban J connectivity index is 0.000000240. The van der Waals surface area contributed by atoms with Crippen LogP contribution in [-0.4, -0.2) is 17.7 Å². The Morgan fingerprint density at radius 2 is 1.70 bits per heavy atom. The lowest BCUT2D eigenvalue weighted by Crippen LogP contribution is -2.10. The molecular weight excluding hydrogens is 252 g/mol. The first-order valence-electron chi connectivity index (χ1n) is 7.31. The van der Waals surface area contributed by atoms with Gasteiger partial charge in [0, 0.05) is 0 Å². The number of carboxylic acid groups (broad SMARTS) is 1. The second-order valence-corrected chi connectivity index (χ2v) is 5.93. The number of aryl methyl sites for hydroxylation is 2. The molecule has 1 fully saturated rings. The number of carboxylic acids is 1. The lowest BCUT2D eigenvalue weighted by molar-refractivity contribution is -0.139. The quantitative estimate of drug-likeness (QED) is 0.901. The number of hydrogen-bond donors (Lipinski definition) is 1. The third-order valence-corrected chi connectivity index (χ3v) is 3.71. The molecule has 112 valence electrons. The van der Waals surface area contributed by atoms with Crippen molar-refractivity contribution in [2.45, 2.75) is 47.0 Å². The third kappa shape index (κ3) is 5.64. The number of hydrogen-bond acceptors (Lipinski definition) is 2. The van der Waals surface area contributed by atoms with Crippen LogP contribution < -0.4 is 4.74 Å². The van der Waals surface area contributed by atoms with Gasteiger partial charge < -0.3 is 9.84 Å². The van der Waals surface area contributed by atoms with Gasteiger partial charge >= 0.3 is 5.97 Å². The maximum Gasteiger partial charge on any atom is 0.341 e. The second-order valence-electron chi connectivity index (χ2n) is 5.93. The van der Waals surface area contributed by atoms with Gasteiger partial charge in [-0.25, -0.2) is 4.79 Å². The molecule has 0 amide bonds. The highest BCUT2D eigenvalue weighted by Crippen LogP contribution is 2.29. The molecule has 0 saturated heterocycles. The Bertz CT molecular complexity index is 412. The molecule has 2 atom stereocenters. The zero-order valence-electron chi connectivity index (χ0n) is 13.0. The molecule has 1 aliphatic rings. The first-order valence-corrected chi connectivity index (χ1v) is 7.31. The summed E-state index contributed by atoms with van der Waals surface area (Å²) in [5, 5.41) is 8.43. The molecule has 0 aromatic heterocycles. The third-order valence-electron chi connectivity index (χ3n) is 3.71. The van der Waals surface area contributed by atoms with Crippen LogP contribution in [0, 0.1) is 25.7 Å².